The molecule has 1 heterocycles. The monoisotopic (exact) mass is 478 g/mol. The summed E-state index contributed by atoms with van der Waals surface area (Å²) in [6.45, 7) is 4.46. The van der Waals surface area contributed by atoms with E-state index in [1.54, 1.807) is 0 Å². The van der Waals surface area contributed by atoms with Crippen molar-refractivity contribution in [2.75, 3.05) is 5.32 Å². The Kier molecular flexibility index (Phi) is 7.59. The zero-order valence-corrected chi connectivity index (χ0v) is 17.5. The van der Waals surface area contributed by atoms with Crippen LogP contribution in [0.25, 0.3) is 11.4 Å². The maximum absolute atomic E-state index is 5.98. The Morgan fingerprint density at radius 3 is 2.67 bits per heavy atom. The summed E-state index contributed by atoms with van der Waals surface area (Å²) in [6, 6.07) is 15.5. The van der Waals surface area contributed by atoms with Crippen LogP contribution in [0.5, 0.6) is 5.75 Å². The first kappa shape index (κ1) is 20.7. The van der Waals surface area contributed by atoms with Crippen LogP contribution < -0.4 is 15.8 Å². The summed E-state index contributed by atoms with van der Waals surface area (Å²) in [7, 11) is 0. The fourth-order valence-electron chi connectivity index (χ4n) is 2.41. The topological polar surface area (TPSA) is 101 Å². The van der Waals surface area contributed by atoms with Crippen molar-refractivity contribution in [2.45, 2.75) is 26.5 Å². The lowest BCUT2D eigenvalue weighted by Gasteiger charge is -2.11. The lowest BCUT2D eigenvalue weighted by Crippen LogP contribution is -2.22. The van der Waals surface area contributed by atoms with Crippen LogP contribution in [0.4, 0.5) is 5.69 Å². The van der Waals surface area contributed by atoms with Crippen molar-refractivity contribution in [3.8, 4) is 17.1 Å². The average Bonchev–Trinajstić information content (AvgIpc) is 3.16. The third kappa shape index (κ3) is 6.24. The van der Waals surface area contributed by atoms with Gasteiger partial charge in [0.05, 0.1) is 12.6 Å². The number of hydrogen-bond donors (Lipinski definition) is 3. The minimum Gasteiger partial charge on any atom is -0.491 e. The predicted octanol–water partition coefficient (Wildman–Crippen LogP) is 3.80. The number of aromatic amines is 1. The summed E-state index contributed by atoms with van der Waals surface area (Å²) in [5.74, 6) is 1.91. The average molecular weight is 478 g/mol. The molecule has 0 saturated heterocycles. The highest BCUT2D eigenvalue weighted by Gasteiger charge is 2.02. The third-order valence-corrected chi connectivity index (χ3v) is 3.55. The molecular formula is C19H23IN6O. The van der Waals surface area contributed by atoms with Crippen LogP contribution in [-0.2, 0) is 6.54 Å². The molecule has 0 fully saturated rings. The van der Waals surface area contributed by atoms with E-state index in [-0.39, 0.29) is 30.1 Å². The van der Waals surface area contributed by atoms with Crippen molar-refractivity contribution in [2.24, 2.45) is 10.7 Å². The molecule has 8 heteroatoms. The van der Waals surface area contributed by atoms with Crippen molar-refractivity contribution in [1.29, 1.82) is 0 Å². The van der Waals surface area contributed by atoms with E-state index >= 15 is 0 Å². The van der Waals surface area contributed by atoms with Crippen LogP contribution in [0.1, 0.15) is 19.4 Å². The number of anilines is 1. The molecule has 142 valence electrons. The van der Waals surface area contributed by atoms with Crippen LogP contribution in [0.2, 0.25) is 0 Å². The molecule has 0 spiro atoms. The van der Waals surface area contributed by atoms with Gasteiger partial charge in [0, 0.05) is 11.3 Å². The van der Waals surface area contributed by atoms with E-state index < -0.39 is 0 Å². The van der Waals surface area contributed by atoms with Crippen molar-refractivity contribution in [3.05, 3.63) is 60.4 Å². The Balaban J connectivity index is 0.00000261. The highest BCUT2D eigenvalue weighted by Crippen LogP contribution is 2.17. The first-order chi connectivity index (χ1) is 12.6. The number of guanidine groups is 1. The highest BCUT2D eigenvalue weighted by atomic mass is 127. The second kappa shape index (κ2) is 9.91. The Labute approximate surface area is 175 Å². The molecular weight excluding hydrogens is 455 g/mol. The largest absolute Gasteiger partial charge is 0.491 e. The van der Waals surface area contributed by atoms with Crippen molar-refractivity contribution >= 4 is 35.6 Å². The van der Waals surface area contributed by atoms with Gasteiger partial charge in [-0.3, -0.25) is 5.10 Å². The third-order valence-electron chi connectivity index (χ3n) is 3.55. The molecule has 0 aliphatic carbocycles. The molecule has 0 aliphatic rings. The number of benzene rings is 2. The van der Waals surface area contributed by atoms with E-state index in [2.05, 4.69) is 25.5 Å². The fourth-order valence-corrected chi connectivity index (χ4v) is 2.41. The minimum absolute atomic E-state index is 0. The second-order valence-corrected chi connectivity index (χ2v) is 6.05. The van der Waals surface area contributed by atoms with E-state index in [0.29, 0.717) is 12.5 Å². The number of aliphatic imine (C=N–C) groups is 1. The summed E-state index contributed by atoms with van der Waals surface area (Å²) < 4.78 is 5.62. The van der Waals surface area contributed by atoms with Crippen molar-refractivity contribution in [1.82, 2.24) is 15.2 Å². The van der Waals surface area contributed by atoms with Gasteiger partial charge >= 0.3 is 0 Å². The molecule has 0 saturated carbocycles. The molecule has 0 bridgehead atoms. The van der Waals surface area contributed by atoms with E-state index in [1.165, 1.54) is 6.33 Å². The van der Waals surface area contributed by atoms with E-state index in [0.717, 1.165) is 28.4 Å². The quantitative estimate of drug-likeness (QED) is 0.284. The van der Waals surface area contributed by atoms with Gasteiger partial charge < -0.3 is 15.8 Å². The molecule has 0 aliphatic heterocycles. The summed E-state index contributed by atoms with van der Waals surface area (Å²) in [5.41, 5.74) is 8.84. The zero-order chi connectivity index (χ0) is 18.4. The highest BCUT2D eigenvalue weighted by molar-refractivity contribution is 14.0. The van der Waals surface area contributed by atoms with Gasteiger partial charge in [-0.1, -0.05) is 18.2 Å². The van der Waals surface area contributed by atoms with Gasteiger partial charge in [-0.05, 0) is 49.7 Å². The van der Waals surface area contributed by atoms with Crippen LogP contribution in [0.3, 0.4) is 0 Å². The first-order valence-corrected chi connectivity index (χ1v) is 8.38. The molecule has 3 rings (SSSR count). The lowest BCUT2D eigenvalue weighted by molar-refractivity contribution is 0.242. The van der Waals surface area contributed by atoms with Gasteiger partial charge in [0.1, 0.15) is 12.1 Å². The number of H-pyrrole nitrogens is 1. The van der Waals surface area contributed by atoms with Gasteiger partial charge in [-0.25, -0.2) is 9.98 Å². The maximum Gasteiger partial charge on any atom is 0.193 e. The summed E-state index contributed by atoms with van der Waals surface area (Å²) in [5, 5.41) is 9.80. The lowest BCUT2D eigenvalue weighted by atomic mass is 10.1. The Morgan fingerprint density at radius 1 is 1.22 bits per heavy atom. The zero-order valence-electron chi connectivity index (χ0n) is 15.2. The molecule has 1 aromatic heterocycles. The molecule has 3 aromatic rings. The Bertz CT molecular complexity index is 862. The minimum atomic E-state index is 0. The number of rotatable bonds is 6. The van der Waals surface area contributed by atoms with Gasteiger partial charge in [0.15, 0.2) is 11.8 Å². The molecule has 4 N–H and O–H groups in total. The molecule has 2 aromatic carbocycles. The van der Waals surface area contributed by atoms with E-state index in [4.69, 9.17) is 10.5 Å². The molecule has 0 radical (unpaired) electrons. The van der Waals surface area contributed by atoms with Gasteiger partial charge in [-0.15, -0.1) is 24.0 Å². The maximum atomic E-state index is 5.98. The molecule has 0 unspecified atom stereocenters. The summed E-state index contributed by atoms with van der Waals surface area (Å²) in [4.78, 5) is 8.54. The van der Waals surface area contributed by atoms with Crippen LogP contribution >= 0.6 is 24.0 Å². The Morgan fingerprint density at radius 2 is 2.00 bits per heavy atom. The smallest absolute Gasteiger partial charge is 0.193 e. The number of nitrogens with zero attached hydrogens (tertiary/aromatic N) is 3. The number of ether oxygens (including phenoxy) is 1. The Hall–Kier alpha value is -2.62. The molecule has 0 amide bonds. The number of nitrogens with two attached hydrogens (primary N) is 1. The van der Waals surface area contributed by atoms with Crippen LogP contribution in [0.15, 0.2) is 59.9 Å². The van der Waals surface area contributed by atoms with Crippen LogP contribution in [0, 0.1) is 0 Å². The summed E-state index contributed by atoms with van der Waals surface area (Å²) in [6.07, 6.45) is 1.63. The van der Waals surface area contributed by atoms with Crippen molar-refractivity contribution in [3.63, 3.8) is 0 Å². The van der Waals surface area contributed by atoms with Crippen LogP contribution in [-0.4, -0.2) is 27.2 Å². The molecule has 0 atom stereocenters. The summed E-state index contributed by atoms with van der Waals surface area (Å²) >= 11 is 0. The number of aromatic nitrogens is 3. The number of halogens is 1. The standard InChI is InChI=1S/C19H22N6O.HI/c1-13(2)26-17-8-6-16(7-9-17)24-19(20)21-11-14-4-3-5-15(10-14)18-22-12-23-25-18;/h3-10,12-13H,11H2,1-2H3,(H3,20,21,24)(H,22,23,25);1H. The first-order valence-electron chi connectivity index (χ1n) is 8.38. The second-order valence-electron chi connectivity index (χ2n) is 6.05. The van der Waals surface area contributed by atoms with Gasteiger partial charge in [0.25, 0.3) is 0 Å². The molecule has 7 nitrogen and oxygen atoms in total. The number of hydrogen-bond acceptors (Lipinski definition) is 4. The normalized spacial score (nSPS) is 11.1. The van der Waals surface area contributed by atoms with E-state index in [1.807, 2.05) is 62.4 Å². The number of nitrogens with one attached hydrogen (secondary N) is 2. The fraction of sp³-hybridized carbons (Fsp3) is 0.211. The predicted molar refractivity (Wildman–Crippen MR) is 118 cm³/mol. The SMILES string of the molecule is CC(C)Oc1ccc(NC(N)=NCc2cccc(-c3ncn[nH]3)c2)cc1.I. The van der Waals surface area contributed by atoms with Crippen molar-refractivity contribution < 1.29 is 4.74 Å². The van der Waals surface area contributed by atoms with Gasteiger partial charge in [-0.2, -0.15) is 5.10 Å². The van der Waals surface area contributed by atoms with Gasteiger partial charge in [0.2, 0.25) is 0 Å². The molecule has 27 heavy (non-hydrogen) atoms. The van der Waals surface area contributed by atoms with E-state index in [9.17, 15) is 0 Å².